The molecule has 0 aliphatic carbocycles. The fourth-order valence-corrected chi connectivity index (χ4v) is 1.15. The summed E-state index contributed by atoms with van der Waals surface area (Å²) < 4.78 is 51.8. The molecule has 6 heteroatoms. The third-order valence-corrected chi connectivity index (χ3v) is 1.97. The average molecular weight is 228 g/mol. The van der Waals surface area contributed by atoms with E-state index in [4.69, 9.17) is 11.6 Å². The molecule has 0 radical (unpaired) electrons. The maximum Gasteiger partial charge on any atom is 0.186 e. The van der Waals surface area contributed by atoms with Crippen molar-refractivity contribution in [1.82, 2.24) is 0 Å². The molecule has 0 aliphatic rings. The molecule has 0 aliphatic heterocycles. The molecule has 0 amide bonds. The van der Waals surface area contributed by atoms with Gasteiger partial charge in [0.1, 0.15) is 10.7 Å². The molecular formula is C8H6ClF4N. The zero-order valence-corrected chi connectivity index (χ0v) is 8.09. The van der Waals surface area contributed by atoms with Crippen LogP contribution in [-0.2, 0) is 0 Å². The van der Waals surface area contributed by atoms with Gasteiger partial charge in [-0.25, -0.2) is 17.6 Å². The van der Waals surface area contributed by atoms with E-state index in [9.17, 15) is 17.6 Å². The van der Waals surface area contributed by atoms with E-state index in [1.54, 1.807) is 0 Å². The van der Waals surface area contributed by atoms with E-state index >= 15 is 0 Å². The monoisotopic (exact) mass is 227 g/mol. The number of rotatable bonds is 1. The quantitative estimate of drug-likeness (QED) is 0.405. The van der Waals surface area contributed by atoms with Crippen molar-refractivity contribution in [3.8, 4) is 0 Å². The van der Waals surface area contributed by atoms with Gasteiger partial charge < -0.3 is 4.90 Å². The highest BCUT2D eigenvalue weighted by Crippen LogP contribution is 2.32. The third-order valence-electron chi connectivity index (χ3n) is 1.63. The van der Waals surface area contributed by atoms with E-state index in [0.717, 1.165) is 4.90 Å². The number of anilines is 1. The van der Waals surface area contributed by atoms with Crippen LogP contribution in [0.3, 0.4) is 0 Å². The van der Waals surface area contributed by atoms with Crippen LogP contribution in [0, 0.1) is 23.3 Å². The van der Waals surface area contributed by atoms with E-state index < -0.39 is 34.0 Å². The molecule has 0 atom stereocenters. The molecule has 0 aromatic heterocycles. The summed E-state index contributed by atoms with van der Waals surface area (Å²) in [6.07, 6.45) is 0. The summed E-state index contributed by atoms with van der Waals surface area (Å²) in [6.45, 7) is 0. The molecular weight excluding hydrogens is 222 g/mol. The lowest BCUT2D eigenvalue weighted by Gasteiger charge is -2.15. The van der Waals surface area contributed by atoms with Gasteiger partial charge in [0.25, 0.3) is 0 Å². The van der Waals surface area contributed by atoms with Crippen molar-refractivity contribution < 1.29 is 17.6 Å². The summed E-state index contributed by atoms with van der Waals surface area (Å²) in [4.78, 5) is 0.924. The summed E-state index contributed by atoms with van der Waals surface area (Å²) in [6, 6.07) is 0. The fraction of sp³-hybridized carbons (Fsp3) is 0.250. The first-order valence-electron chi connectivity index (χ1n) is 3.56. The number of hydrogen-bond donors (Lipinski definition) is 0. The largest absolute Gasteiger partial charge is 0.373 e. The summed E-state index contributed by atoms with van der Waals surface area (Å²) >= 11 is 5.02. The molecule has 0 saturated heterocycles. The van der Waals surface area contributed by atoms with E-state index in [2.05, 4.69) is 0 Å². The second kappa shape index (κ2) is 3.65. The molecule has 0 bridgehead atoms. The lowest BCUT2D eigenvalue weighted by molar-refractivity contribution is 0.455. The zero-order valence-electron chi connectivity index (χ0n) is 7.34. The van der Waals surface area contributed by atoms with Gasteiger partial charge in [0, 0.05) is 14.1 Å². The van der Waals surface area contributed by atoms with E-state index in [1.165, 1.54) is 14.1 Å². The molecule has 0 saturated carbocycles. The number of hydrogen-bond acceptors (Lipinski definition) is 1. The molecule has 0 fully saturated rings. The maximum absolute atomic E-state index is 13.0. The van der Waals surface area contributed by atoms with Crippen LogP contribution in [0.25, 0.3) is 0 Å². The molecule has 1 nitrogen and oxygen atoms in total. The molecule has 0 spiro atoms. The van der Waals surface area contributed by atoms with Crippen LogP contribution < -0.4 is 4.90 Å². The van der Waals surface area contributed by atoms with Gasteiger partial charge in [0.15, 0.2) is 23.3 Å². The first-order chi connectivity index (χ1) is 6.37. The molecule has 0 N–H and O–H groups in total. The van der Waals surface area contributed by atoms with Crippen LogP contribution in [0.4, 0.5) is 23.2 Å². The fourth-order valence-electron chi connectivity index (χ4n) is 0.986. The first kappa shape index (κ1) is 11.1. The first-order valence-corrected chi connectivity index (χ1v) is 3.94. The SMILES string of the molecule is CN(C)c1c(F)c(F)c(Cl)c(F)c1F. The van der Waals surface area contributed by atoms with E-state index in [-0.39, 0.29) is 0 Å². The molecule has 1 aromatic rings. The average Bonchev–Trinajstić information content (AvgIpc) is 2.11. The minimum Gasteiger partial charge on any atom is -0.373 e. The molecule has 78 valence electrons. The van der Waals surface area contributed by atoms with Crippen molar-refractivity contribution in [3.63, 3.8) is 0 Å². The van der Waals surface area contributed by atoms with Crippen molar-refractivity contribution in [2.45, 2.75) is 0 Å². The second-order valence-electron chi connectivity index (χ2n) is 2.81. The van der Waals surface area contributed by atoms with Gasteiger partial charge in [-0.05, 0) is 0 Å². The Hall–Kier alpha value is -0.970. The van der Waals surface area contributed by atoms with Crippen LogP contribution in [-0.4, -0.2) is 14.1 Å². The minimum atomic E-state index is -1.59. The van der Waals surface area contributed by atoms with Crippen LogP contribution in [0.2, 0.25) is 5.02 Å². The highest BCUT2D eigenvalue weighted by atomic mass is 35.5. The molecule has 14 heavy (non-hydrogen) atoms. The summed E-state index contributed by atoms with van der Waals surface area (Å²) in [5.74, 6) is -6.18. The third kappa shape index (κ3) is 1.52. The lowest BCUT2D eigenvalue weighted by Crippen LogP contribution is -2.15. The Morgan fingerprint density at radius 1 is 0.857 bits per heavy atom. The van der Waals surface area contributed by atoms with Crippen LogP contribution >= 0.6 is 11.6 Å². The number of benzene rings is 1. The van der Waals surface area contributed by atoms with Gasteiger partial charge in [0.2, 0.25) is 0 Å². The van der Waals surface area contributed by atoms with Crippen LogP contribution in [0.15, 0.2) is 0 Å². The van der Waals surface area contributed by atoms with Crippen molar-refractivity contribution in [2.75, 3.05) is 19.0 Å². The van der Waals surface area contributed by atoms with Crippen molar-refractivity contribution >= 4 is 17.3 Å². The summed E-state index contributed by atoms with van der Waals surface area (Å²) in [7, 11) is 2.52. The summed E-state index contributed by atoms with van der Waals surface area (Å²) in [5.41, 5.74) is -0.788. The van der Waals surface area contributed by atoms with Gasteiger partial charge in [-0.3, -0.25) is 0 Å². The smallest absolute Gasteiger partial charge is 0.186 e. The molecule has 1 rings (SSSR count). The Morgan fingerprint density at radius 3 is 1.50 bits per heavy atom. The van der Waals surface area contributed by atoms with Crippen molar-refractivity contribution in [2.24, 2.45) is 0 Å². The maximum atomic E-state index is 13.0. The summed E-state index contributed by atoms with van der Waals surface area (Å²) in [5, 5.41) is -1.18. The predicted octanol–water partition coefficient (Wildman–Crippen LogP) is 2.96. The zero-order chi connectivity index (χ0) is 11.0. The number of halogens is 5. The number of nitrogens with zero attached hydrogens (tertiary/aromatic N) is 1. The lowest BCUT2D eigenvalue weighted by atomic mass is 10.2. The normalized spacial score (nSPS) is 10.5. The predicted molar refractivity (Wildman–Crippen MR) is 45.6 cm³/mol. The Morgan fingerprint density at radius 2 is 1.21 bits per heavy atom. The molecule has 0 heterocycles. The highest BCUT2D eigenvalue weighted by Gasteiger charge is 2.25. The van der Waals surface area contributed by atoms with Crippen molar-refractivity contribution in [3.05, 3.63) is 28.3 Å². The van der Waals surface area contributed by atoms with E-state index in [1.807, 2.05) is 0 Å². The Kier molecular flexibility index (Phi) is 2.89. The van der Waals surface area contributed by atoms with Gasteiger partial charge in [0.05, 0.1) is 0 Å². The van der Waals surface area contributed by atoms with Crippen molar-refractivity contribution in [1.29, 1.82) is 0 Å². The highest BCUT2D eigenvalue weighted by molar-refractivity contribution is 6.31. The Labute approximate surface area is 82.9 Å². The van der Waals surface area contributed by atoms with Gasteiger partial charge in [-0.15, -0.1) is 0 Å². The van der Waals surface area contributed by atoms with Gasteiger partial charge >= 0.3 is 0 Å². The van der Waals surface area contributed by atoms with E-state index in [0.29, 0.717) is 0 Å². The minimum absolute atomic E-state index is 0.788. The van der Waals surface area contributed by atoms with Crippen LogP contribution in [0.1, 0.15) is 0 Å². The van der Waals surface area contributed by atoms with Gasteiger partial charge in [-0.1, -0.05) is 11.6 Å². The molecule has 1 aromatic carbocycles. The second-order valence-corrected chi connectivity index (χ2v) is 3.19. The standard InChI is InChI=1S/C8H6ClF4N/c1-14(2)8-6(12)4(10)3(9)5(11)7(8)13/h1-2H3. The Bertz CT molecular complexity index is 349. The Balaban J connectivity index is 3.60. The van der Waals surface area contributed by atoms with Gasteiger partial charge in [-0.2, -0.15) is 0 Å². The van der Waals surface area contributed by atoms with Crippen LogP contribution in [0.5, 0.6) is 0 Å². The molecule has 0 unspecified atom stereocenters. The topological polar surface area (TPSA) is 3.24 Å².